The number of aromatic amines is 1. The van der Waals surface area contributed by atoms with Gasteiger partial charge in [0.1, 0.15) is 23.9 Å². The molecule has 7 nitrogen and oxygen atoms in total. The SMILES string of the molecule is COc1ccc(OCc2ccc(C(=O)Nc3c(C(F)(F)F)n[nH]c3C)o2)cc1. The molecule has 0 spiro atoms. The number of nitrogens with zero attached hydrogens (tertiary/aromatic N) is 1. The lowest BCUT2D eigenvalue weighted by Crippen LogP contribution is -2.16. The van der Waals surface area contributed by atoms with Gasteiger partial charge in [0.05, 0.1) is 18.5 Å². The fraction of sp³-hybridized carbons (Fsp3) is 0.222. The number of benzene rings is 1. The maximum atomic E-state index is 12.9. The van der Waals surface area contributed by atoms with E-state index in [-0.39, 0.29) is 18.1 Å². The minimum absolute atomic E-state index is 0.0398. The summed E-state index contributed by atoms with van der Waals surface area (Å²) in [5.74, 6) is 0.595. The van der Waals surface area contributed by atoms with Gasteiger partial charge in [-0.25, -0.2) is 0 Å². The van der Waals surface area contributed by atoms with Gasteiger partial charge in [-0.1, -0.05) is 0 Å². The van der Waals surface area contributed by atoms with Gasteiger partial charge in [-0.3, -0.25) is 9.89 Å². The maximum Gasteiger partial charge on any atom is 0.437 e. The van der Waals surface area contributed by atoms with E-state index in [4.69, 9.17) is 13.9 Å². The zero-order valence-corrected chi connectivity index (χ0v) is 14.9. The Morgan fingerprint density at radius 1 is 1.18 bits per heavy atom. The summed E-state index contributed by atoms with van der Waals surface area (Å²) < 4.78 is 54.8. The molecule has 0 aliphatic heterocycles. The van der Waals surface area contributed by atoms with Crippen LogP contribution in [-0.4, -0.2) is 23.2 Å². The molecular formula is C18H16F3N3O4. The predicted molar refractivity (Wildman–Crippen MR) is 92.3 cm³/mol. The van der Waals surface area contributed by atoms with Gasteiger partial charge in [0.25, 0.3) is 5.91 Å². The van der Waals surface area contributed by atoms with Crippen LogP contribution < -0.4 is 14.8 Å². The van der Waals surface area contributed by atoms with E-state index in [0.717, 1.165) is 0 Å². The van der Waals surface area contributed by atoms with E-state index >= 15 is 0 Å². The Bertz CT molecular complexity index is 961. The van der Waals surface area contributed by atoms with Crippen LogP contribution in [0.5, 0.6) is 11.5 Å². The molecule has 2 aromatic heterocycles. The Hall–Kier alpha value is -3.43. The highest BCUT2D eigenvalue weighted by Gasteiger charge is 2.38. The standard InChI is InChI=1S/C18H16F3N3O4/c1-10-15(16(24-23-10)18(19,20)21)22-17(25)14-8-7-13(28-14)9-27-12-5-3-11(26-2)4-6-12/h3-8H,9H2,1-2H3,(H,22,25)(H,23,24). The monoisotopic (exact) mass is 395 g/mol. The lowest BCUT2D eigenvalue weighted by atomic mass is 10.2. The number of nitrogens with one attached hydrogen (secondary N) is 2. The van der Waals surface area contributed by atoms with Gasteiger partial charge < -0.3 is 19.2 Å². The van der Waals surface area contributed by atoms with E-state index in [1.54, 1.807) is 31.4 Å². The zero-order valence-electron chi connectivity index (χ0n) is 14.9. The molecule has 0 bridgehead atoms. The van der Waals surface area contributed by atoms with Crippen molar-refractivity contribution in [2.45, 2.75) is 19.7 Å². The molecule has 28 heavy (non-hydrogen) atoms. The predicted octanol–water partition coefficient (Wildman–Crippen LogP) is 4.17. The number of carbonyl (C=O) groups is 1. The lowest BCUT2D eigenvalue weighted by molar-refractivity contribution is -0.140. The Balaban J connectivity index is 1.65. The van der Waals surface area contributed by atoms with Gasteiger partial charge in [0, 0.05) is 0 Å². The van der Waals surface area contributed by atoms with Crippen LogP contribution in [0.2, 0.25) is 0 Å². The summed E-state index contributed by atoms with van der Waals surface area (Å²) >= 11 is 0. The molecule has 0 saturated heterocycles. The summed E-state index contributed by atoms with van der Waals surface area (Å²) in [6.45, 7) is 1.41. The van der Waals surface area contributed by atoms with Crippen LogP contribution in [0.15, 0.2) is 40.8 Å². The van der Waals surface area contributed by atoms with Crippen LogP contribution >= 0.6 is 0 Å². The second-order valence-electron chi connectivity index (χ2n) is 5.75. The van der Waals surface area contributed by atoms with Crippen LogP contribution in [0.3, 0.4) is 0 Å². The molecule has 0 radical (unpaired) electrons. The minimum atomic E-state index is -4.70. The Morgan fingerprint density at radius 3 is 2.50 bits per heavy atom. The molecule has 10 heteroatoms. The highest BCUT2D eigenvalue weighted by Crippen LogP contribution is 2.34. The molecule has 2 N–H and O–H groups in total. The molecule has 0 fully saturated rings. The molecule has 0 aliphatic rings. The summed E-state index contributed by atoms with van der Waals surface area (Å²) in [7, 11) is 1.55. The molecule has 0 atom stereocenters. The fourth-order valence-electron chi connectivity index (χ4n) is 2.37. The van der Waals surface area contributed by atoms with Crippen molar-refractivity contribution >= 4 is 11.6 Å². The smallest absolute Gasteiger partial charge is 0.437 e. The Morgan fingerprint density at radius 2 is 1.86 bits per heavy atom. The van der Waals surface area contributed by atoms with E-state index in [0.29, 0.717) is 17.3 Å². The topological polar surface area (TPSA) is 89.4 Å². The first kappa shape index (κ1) is 19.3. The second kappa shape index (κ2) is 7.67. The van der Waals surface area contributed by atoms with Crippen molar-refractivity contribution in [2.75, 3.05) is 12.4 Å². The lowest BCUT2D eigenvalue weighted by Gasteiger charge is -2.08. The van der Waals surface area contributed by atoms with Gasteiger partial charge in [-0.2, -0.15) is 18.3 Å². The Kier molecular flexibility index (Phi) is 5.30. The number of anilines is 1. The first-order valence-corrected chi connectivity index (χ1v) is 8.07. The van der Waals surface area contributed by atoms with Crippen molar-refractivity contribution in [3.05, 3.63) is 59.3 Å². The summed E-state index contributed by atoms with van der Waals surface area (Å²) in [6, 6.07) is 9.71. The van der Waals surface area contributed by atoms with E-state index in [1.807, 2.05) is 0 Å². The van der Waals surface area contributed by atoms with Gasteiger partial charge in [0.2, 0.25) is 0 Å². The average Bonchev–Trinajstić information content (AvgIpc) is 3.27. The number of halogens is 3. The van der Waals surface area contributed by atoms with Gasteiger partial charge in [0.15, 0.2) is 11.5 Å². The number of carbonyl (C=O) groups excluding carboxylic acids is 1. The number of ether oxygens (including phenoxy) is 2. The number of amides is 1. The van der Waals surface area contributed by atoms with Crippen LogP contribution in [0.4, 0.5) is 18.9 Å². The van der Waals surface area contributed by atoms with Crippen molar-refractivity contribution in [3.63, 3.8) is 0 Å². The molecule has 1 amide bonds. The molecule has 1 aromatic carbocycles. The first-order valence-electron chi connectivity index (χ1n) is 8.07. The normalized spacial score (nSPS) is 11.3. The van der Waals surface area contributed by atoms with Crippen LogP contribution in [0.25, 0.3) is 0 Å². The van der Waals surface area contributed by atoms with Crippen molar-refractivity contribution in [3.8, 4) is 11.5 Å². The Labute approximate surface area is 157 Å². The van der Waals surface area contributed by atoms with Gasteiger partial charge >= 0.3 is 6.18 Å². The second-order valence-corrected chi connectivity index (χ2v) is 5.75. The van der Waals surface area contributed by atoms with Crippen molar-refractivity contribution in [1.82, 2.24) is 10.2 Å². The van der Waals surface area contributed by atoms with Crippen molar-refractivity contribution in [1.29, 1.82) is 0 Å². The van der Waals surface area contributed by atoms with E-state index in [2.05, 4.69) is 15.5 Å². The molecular weight excluding hydrogens is 379 g/mol. The van der Waals surface area contributed by atoms with Crippen LogP contribution in [0, 0.1) is 6.92 Å². The number of aryl methyl sites for hydroxylation is 1. The highest BCUT2D eigenvalue weighted by molar-refractivity contribution is 6.03. The molecule has 3 rings (SSSR count). The zero-order chi connectivity index (χ0) is 20.3. The van der Waals surface area contributed by atoms with Gasteiger partial charge in [-0.15, -0.1) is 0 Å². The largest absolute Gasteiger partial charge is 0.497 e. The van der Waals surface area contributed by atoms with Crippen LogP contribution in [0.1, 0.15) is 27.7 Å². The van der Waals surface area contributed by atoms with Crippen molar-refractivity contribution < 1.29 is 31.9 Å². The van der Waals surface area contributed by atoms with Gasteiger partial charge in [-0.05, 0) is 43.3 Å². The summed E-state index contributed by atoms with van der Waals surface area (Å²) in [4.78, 5) is 12.2. The third kappa shape index (κ3) is 4.27. The number of aromatic nitrogens is 2. The third-order valence-electron chi connectivity index (χ3n) is 3.78. The van der Waals surface area contributed by atoms with E-state index in [1.165, 1.54) is 19.1 Å². The molecule has 0 unspecified atom stereocenters. The minimum Gasteiger partial charge on any atom is -0.497 e. The van der Waals surface area contributed by atoms with Crippen molar-refractivity contribution in [2.24, 2.45) is 0 Å². The number of methoxy groups -OCH3 is 1. The first-order chi connectivity index (χ1) is 13.3. The molecule has 148 valence electrons. The molecule has 2 heterocycles. The molecule has 3 aromatic rings. The van der Waals surface area contributed by atoms with E-state index < -0.39 is 23.5 Å². The number of furan rings is 1. The highest BCUT2D eigenvalue weighted by atomic mass is 19.4. The quantitative estimate of drug-likeness (QED) is 0.654. The third-order valence-corrected chi connectivity index (χ3v) is 3.78. The average molecular weight is 395 g/mol. The summed E-state index contributed by atoms with van der Waals surface area (Å²) in [5, 5.41) is 7.58. The summed E-state index contributed by atoms with van der Waals surface area (Å²) in [6.07, 6.45) is -4.70. The number of H-pyrrole nitrogens is 1. The van der Waals surface area contributed by atoms with E-state index in [9.17, 15) is 18.0 Å². The number of hydrogen-bond acceptors (Lipinski definition) is 5. The maximum absolute atomic E-state index is 12.9. The molecule has 0 saturated carbocycles. The number of hydrogen-bond donors (Lipinski definition) is 2. The summed E-state index contributed by atoms with van der Waals surface area (Å²) in [5.41, 5.74) is -1.56. The molecule has 0 aliphatic carbocycles. The number of rotatable bonds is 6. The fourth-order valence-corrected chi connectivity index (χ4v) is 2.37. The number of alkyl halides is 3. The van der Waals surface area contributed by atoms with Crippen LogP contribution in [-0.2, 0) is 12.8 Å².